The van der Waals surface area contributed by atoms with Gasteiger partial charge in [0.15, 0.2) is 0 Å². The zero-order valence-corrected chi connectivity index (χ0v) is 13.6. The second kappa shape index (κ2) is 8.12. The van der Waals surface area contributed by atoms with Crippen molar-refractivity contribution in [2.75, 3.05) is 26.2 Å². The van der Waals surface area contributed by atoms with E-state index in [1.165, 1.54) is 19.3 Å². The molecule has 1 saturated carbocycles. The molecule has 0 bridgehead atoms. The molecule has 0 aromatic heterocycles. The molecule has 3 atom stereocenters. The van der Waals surface area contributed by atoms with Gasteiger partial charge >= 0.3 is 0 Å². The Morgan fingerprint density at radius 1 is 1.33 bits per heavy atom. The van der Waals surface area contributed by atoms with Gasteiger partial charge in [0.2, 0.25) is 0 Å². The number of aliphatic hydroxyl groups is 1. The molecule has 3 unspecified atom stereocenters. The molecular formula is C17H31N3O. The summed E-state index contributed by atoms with van der Waals surface area (Å²) in [4.78, 5) is 2.25. The maximum absolute atomic E-state index is 10.2. The van der Waals surface area contributed by atoms with Gasteiger partial charge in [-0.05, 0) is 56.4 Å². The predicted octanol–water partition coefficient (Wildman–Crippen LogP) is 2.00. The van der Waals surface area contributed by atoms with Gasteiger partial charge in [0.1, 0.15) is 0 Å². The van der Waals surface area contributed by atoms with Crippen molar-refractivity contribution in [3.05, 3.63) is 0 Å². The van der Waals surface area contributed by atoms with Crippen molar-refractivity contribution >= 4 is 0 Å². The normalized spacial score (nSPS) is 28.5. The van der Waals surface area contributed by atoms with Crippen molar-refractivity contribution in [2.45, 2.75) is 58.1 Å². The molecule has 0 radical (unpaired) electrons. The SMILES string of the molecule is CC(C)CCNC1CC(CC(O)C2CC2)CN(CC#N)C1. The molecule has 1 heterocycles. The highest BCUT2D eigenvalue weighted by atomic mass is 16.3. The summed E-state index contributed by atoms with van der Waals surface area (Å²) in [7, 11) is 0. The van der Waals surface area contributed by atoms with Gasteiger partial charge < -0.3 is 10.4 Å². The lowest BCUT2D eigenvalue weighted by molar-refractivity contribution is 0.0795. The van der Waals surface area contributed by atoms with Gasteiger partial charge in [-0.1, -0.05) is 13.8 Å². The summed E-state index contributed by atoms with van der Waals surface area (Å²) in [5, 5.41) is 22.8. The molecule has 2 aliphatic rings. The van der Waals surface area contributed by atoms with Gasteiger partial charge in [-0.25, -0.2) is 0 Å². The van der Waals surface area contributed by atoms with Gasteiger partial charge in [0.05, 0.1) is 18.7 Å². The average molecular weight is 293 g/mol. The van der Waals surface area contributed by atoms with Crippen LogP contribution in [0.15, 0.2) is 0 Å². The Morgan fingerprint density at radius 2 is 2.10 bits per heavy atom. The number of nitrogens with zero attached hydrogens (tertiary/aromatic N) is 2. The van der Waals surface area contributed by atoms with E-state index in [9.17, 15) is 5.11 Å². The summed E-state index contributed by atoms with van der Waals surface area (Å²) in [6, 6.07) is 2.75. The molecule has 4 nitrogen and oxygen atoms in total. The molecule has 4 heteroatoms. The second-order valence-electron chi connectivity index (χ2n) is 7.43. The highest BCUT2D eigenvalue weighted by Gasteiger charge is 2.34. The molecule has 2 N–H and O–H groups in total. The summed E-state index contributed by atoms with van der Waals surface area (Å²) >= 11 is 0. The lowest BCUT2D eigenvalue weighted by Crippen LogP contribution is -2.50. The Balaban J connectivity index is 1.80. The van der Waals surface area contributed by atoms with Gasteiger partial charge in [0.25, 0.3) is 0 Å². The van der Waals surface area contributed by atoms with Crippen LogP contribution in [0.1, 0.15) is 46.0 Å². The number of hydrogen-bond acceptors (Lipinski definition) is 4. The standard InChI is InChI=1S/C17H31N3O/c1-13(2)5-7-19-16-9-14(10-17(21)15-3-4-15)11-20(12-16)8-6-18/h13-17,19,21H,3-5,7-12H2,1-2H3. The fourth-order valence-electron chi connectivity index (χ4n) is 3.44. The molecular weight excluding hydrogens is 262 g/mol. The molecule has 0 aromatic carbocycles. The first-order valence-corrected chi connectivity index (χ1v) is 8.59. The van der Waals surface area contributed by atoms with Crippen molar-refractivity contribution in [3.8, 4) is 6.07 Å². The van der Waals surface area contributed by atoms with Crippen molar-refractivity contribution < 1.29 is 5.11 Å². The minimum atomic E-state index is -0.117. The lowest BCUT2D eigenvalue weighted by atomic mass is 9.88. The molecule has 2 fully saturated rings. The van der Waals surface area contributed by atoms with Gasteiger partial charge in [-0.2, -0.15) is 5.26 Å². The van der Waals surface area contributed by atoms with Crippen LogP contribution >= 0.6 is 0 Å². The molecule has 1 aliphatic heterocycles. The van der Waals surface area contributed by atoms with Crippen molar-refractivity contribution in [1.29, 1.82) is 5.26 Å². The van der Waals surface area contributed by atoms with E-state index in [-0.39, 0.29) is 6.10 Å². The van der Waals surface area contributed by atoms with E-state index in [1.807, 2.05) is 0 Å². The van der Waals surface area contributed by atoms with Gasteiger partial charge in [-0.3, -0.25) is 4.90 Å². The Hall–Kier alpha value is -0.630. The van der Waals surface area contributed by atoms with E-state index < -0.39 is 0 Å². The molecule has 21 heavy (non-hydrogen) atoms. The van der Waals surface area contributed by atoms with E-state index in [2.05, 4.69) is 30.1 Å². The molecule has 0 aromatic rings. The van der Waals surface area contributed by atoms with E-state index in [0.717, 1.165) is 38.4 Å². The average Bonchev–Trinajstić information content (AvgIpc) is 3.22. The quantitative estimate of drug-likeness (QED) is 0.672. The first-order chi connectivity index (χ1) is 10.1. The minimum Gasteiger partial charge on any atom is -0.393 e. The maximum Gasteiger partial charge on any atom is 0.0866 e. The summed E-state index contributed by atoms with van der Waals surface area (Å²) < 4.78 is 0. The number of piperidine rings is 1. The Morgan fingerprint density at radius 3 is 2.71 bits per heavy atom. The van der Waals surface area contributed by atoms with E-state index >= 15 is 0 Å². The van der Waals surface area contributed by atoms with Gasteiger partial charge in [-0.15, -0.1) is 0 Å². The van der Waals surface area contributed by atoms with Crippen LogP contribution in [0.5, 0.6) is 0 Å². The summed E-state index contributed by atoms with van der Waals surface area (Å²) in [5.41, 5.74) is 0. The molecule has 2 rings (SSSR count). The number of nitriles is 1. The first kappa shape index (κ1) is 16.7. The third-order valence-electron chi connectivity index (χ3n) is 4.80. The fourth-order valence-corrected chi connectivity index (χ4v) is 3.44. The summed E-state index contributed by atoms with van der Waals surface area (Å²) in [6.07, 6.45) is 5.54. The number of rotatable bonds is 8. The van der Waals surface area contributed by atoms with Crippen molar-refractivity contribution in [1.82, 2.24) is 10.2 Å². The number of nitrogens with one attached hydrogen (secondary N) is 1. The van der Waals surface area contributed by atoms with Crippen LogP contribution in [0.2, 0.25) is 0 Å². The second-order valence-corrected chi connectivity index (χ2v) is 7.43. The Bertz CT molecular complexity index is 348. The smallest absolute Gasteiger partial charge is 0.0866 e. The maximum atomic E-state index is 10.2. The monoisotopic (exact) mass is 293 g/mol. The molecule has 120 valence electrons. The molecule has 0 amide bonds. The largest absolute Gasteiger partial charge is 0.393 e. The third-order valence-corrected chi connectivity index (χ3v) is 4.80. The first-order valence-electron chi connectivity index (χ1n) is 8.59. The van der Waals surface area contributed by atoms with Crippen LogP contribution in [-0.2, 0) is 0 Å². The highest BCUT2D eigenvalue weighted by Crippen LogP contribution is 2.36. The zero-order valence-electron chi connectivity index (χ0n) is 13.6. The topological polar surface area (TPSA) is 59.3 Å². The lowest BCUT2D eigenvalue weighted by Gasteiger charge is -2.38. The van der Waals surface area contributed by atoms with Crippen LogP contribution in [0.25, 0.3) is 0 Å². The van der Waals surface area contributed by atoms with Crippen LogP contribution in [-0.4, -0.2) is 48.3 Å². The molecule has 1 aliphatic carbocycles. The van der Waals surface area contributed by atoms with Crippen LogP contribution in [0.4, 0.5) is 0 Å². The fraction of sp³-hybridized carbons (Fsp3) is 0.941. The number of likely N-dealkylation sites (tertiary alicyclic amines) is 1. The van der Waals surface area contributed by atoms with Gasteiger partial charge in [0, 0.05) is 19.1 Å². The minimum absolute atomic E-state index is 0.117. The summed E-state index contributed by atoms with van der Waals surface area (Å²) in [6.45, 7) is 8.01. The van der Waals surface area contributed by atoms with Crippen molar-refractivity contribution in [3.63, 3.8) is 0 Å². The van der Waals surface area contributed by atoms with E-state index in [1.54, 1.807) is 0 Å². The van der Waals surface area contributed by atoms with E-state index in [0.29, 0.717) is 24.4 Å². The number of aliphatic hydroxyl groups excluding tert-OH is 1. The van der Waals surface area contributed by atoms with E-state index in [4.69, 9.17) is 5.26 Å². The third kappa shape index (κ3) is 5.94. The number of hydrogen-bond donors (Lipinski definition) is 2. The molecule has 0 spiro atoms. The Kier molecular flexibility index (Phi) is 6.47. The van der Waals surface area contributed by atoms with Crippen LogP contribution < -0.4 is 5.32 Å². The predicted molar refractivity (Wildman–Crippen MR) is 84.8 cm³/mol. The van der Waals surface area contributed by atoms with Crippen LogP contribution in [0, 0.1) is 29.1 Å². The van der Waals surface area contributed by atoms with Crippen molar-refractivity contribution in [2.24, 2.45) is 17.8 Å². The zero-order chi connectivity index (χ0) is 15.2. The summed E-state index contributed by atoms with van der Waals surface area (Å²) in [5.74, 6) is 1.81. The highest BCUT2D eigenvalue weighted by molar-refractivity contribution is 4.90. The molecule has 1 saturated heterocycles. The Labute approximate surface area is 129 Å². The van der Waals surface area contributed by atoms with Crippen LogP contribution in [0.3, 0.4) is 0 Å².